The molecule has 1 aromatic heterocycles. The first kappa shape index (κ1) is 15.3. The zero-order chi connectivity index (χ0) is 15.4. The fourth-order valence-corrected chi connectivity index (χ4v) is 2.17. The van der Waals surface area contributed by atoms with Crippen molar-refractivity contribution in [1.82, 2.24) is 9.78 Å². The van der Waals surface area contributed by atoms with E-state index < -0.39 is 11.4 Å². The second-order valence-corrected chi connectivity index (χ2v) is 4.73. The summed E-state index contributed by atoms with van der Waals surface area (Å²) in [5, 5.41) is 4.71. The number of nitrogens with zero attached hydrogens (tertiary/aromatic N) is 2. The van der Waals surface area contributed by atoms with Gasteiger partial charge in [0.25, 0.3) is 0 Å². The molecule has 0 bridgehead atoms. The third-order valence-electron chi connectivity index (χ3n) is 2.97. The first-order valence-electron chi connectivity index (χ1n) is 6.62. The summed E-state index contributed by atoms with van der Waals surface area (Å²) >= 11 is 5.87. The molecule has 0 radical (unpaired) electrons. The summed E-state index contributed by atoms with van der Waals surface area (Å²) in [6.07, 6.45) is 1.60. The van der Waals surface area contributed by atoms with Gasteiger partial charge in [-0.1, -0.05) is 18.5 Å². The molecule has 0 saturated carbocycles. The summed E-state index contributed by atoms with van der Waals surface area (Å²) in [6, 6.07) is 6.99. The Kier molecular flexibility index (Phi) is 4.75. The van der Waals surface area contributed by atoms with E-state index >= 15 is 0 Å². The molecule has 0 N–H and O–H groups in total. The van der Waals surface area contributed by atoms with E-state index in [-0.39, 0.29) is 12.2 Å². The minimum absolute atomic E-state index is 0.0318. The zero-order valence-corrected chi connectivity index (χ0v) is 12.6. The Morgan fingerprint density at radius 3 is 2.52 bits per heavy atom. The number of hydrogen-bond acceptors (Lipinski definition) is 4. The number of ether oxygens (including phenoxy) is 1. The van der Waals surface area contributed by atoms with Gasteiger partial charge in [0.2, 0.25) is 5.43 Å². The fraction of sp³-hybridized carbons (Fsp3) is 0.267. The van der Waals surface area contributed by atoms with E-state index in [2.05, 4.69) is 5.10 Å². The van der Waals surface area contributed by atoms with Gasteiger partial charge in [0, 0.05) is 5.02 Å². The van der Waals surface area contributed by atoms with Crippen molar-refractivity contribution < 1.29 is 9.53 Å². The molecule has 0 spiro atoms. The highest BCUT2D eigenvalue weighted by atomic mass is 35.5. The smallest absolute Gasteiger partial charge is 0.344 e. The summed E-state index contributed by atoms with van der Waals surface area (Å²) in [6.45, 7) is 3.76. The van der Waals surface area contributed by atoms with Crippen LogP contribution in [0.1, 0.15) is 29.9 Å². The molecule has 6 heteroatoms. The van der Waals surface area contributed by atoms with Crippen molar-refractivity contribution in [2.75, 3.05) is 6.61 Å². The monoisotopic (exact) mass is 306 g/mol. The molecule has 0 aliphatic rings. The minimum Gasteiger partial charge on any atom is -0.462 e. The summed E-state index contributed by atoms with van der Waals surface area (Å²) in [5.41, 5.74) is 0.838. The molecule has 21 heavy (non-hydrogen) atoms. The van der Waals surface area contributed by atoms with Crippen LogP contribution < -0.4 is 5.43 Å². The van der Waals surface area contributed by atoms with Gasteiger partial charge in [0.1, 0.15) is 5.56 Å². The molecule has 0 fully saturated rings. The number of benzene rings is 1. The van der Waals surface area contributed by atoms with Crippen molar-refractivity contribution in [3.05, 3.63) is 57.0 Å². The van der Waals surface area contributed by atoms with E-state index in [1.165, 1.54) is 0 Å². The highest BCUT2D eigenvalue weighted by molar-refractivity contribution is 6.30. The lowest BCUT2D eigenvalue weighted by Gasteiger charge is -2.14. The van der Waals surface area contributed by atoms with Crippen LogP contribution in [0.4, 0.5) is 0 Å². The number of rotatable bonds is 4. The van der Waals surface area contributed by atoms with Gasteiger partial charge in [-0.15, -0.1) is 0 Å². The lowest BCUT2D eigenvalue weighted by Crippen LogP contribution is -2.25. The second-order valence-electron chi connectivity index (χ2n) is 4.29. The number of carbonyl (C=O) groups excluding carboxylic acids is 1. The van der Waals surface area contributed by atoms with Crippen LogP contribution in [0, 0.1) is 0 Å². The Balaban J connectivity index is 2.63. The van der Waals surface area contributed by atoms with Gasteiger partial charge >= 0.3 is 5.97 Å². The van der Waals surface area contributed by atoms with Crippen molar-refractivity contribution in [3.8, 4) is 5.69 Å². The summed E-state index contributed by atoms with van der Waals surface area (Å²) in [7, 11) is 0. The summed E-state index contributed by atoms with van der Waals surface area (Å²) in [5.74, 6) is -0.621. The van der Waals surface area contributed by atoms with E-state index in [9.17, 15) is 9.59 Å². The second kappa shape index (κ2) is 6.54. The number of aromatic nitrogens is 2. The third kappa shape index (κ3) is 3.13. The van der Waals surface area contributed by atoms with Crippen LogP contribution in [-0.4, -0.2) is 22.4 Å². The van der Waals surface area contributed by atoms with Gasteiger partial charge in [-0.25, -0.2) is 9.48 Å². The van der Waals surface area contributed by atoms with Gasteiger partial charge < -0.3 is 4.74 Å². The number of hydrogen-bond donors (Lipinski definition) is 0. The maximum atomic E-state index is 12.0. The van der Waals surface area contributed by atoms with Crippen LogP contribution in [0.15, 0.2) is 35.3 Å². The van der Waals surface area contributed by atoms with E-state index in [1.54, 1.807) is 35.9 Å². The highest BCUT2D eigenvalue weighted by Crippen LogP contribution is 2.16. The minimum atomic E-state index is -0.621. The maximum absolute atomic E-state index is 12.0. The summed E-state index contributed by atoms with van der Waals surface area (Å²) < 4.78 is 6.52. The Morgan fingerprint density at radius 2 is 1.95 bits per heavy atom. The van der Waals surface area contributed by atoms with Gasteiger partial charge in [-0.05, 0) is 37.6 Å². The molecule has 2 aromatic rings. The van der Waals surface area contributed by atoms with Crippen LogP contribution in [0.3, 0.4) is 0 Å². The Labute approximate surface area is 127 Å². The average molecular weight is 307 g/mol. The molecule has 2 rings (SSSR count). The van der Waals surface area contributed by atoms with Crippen molar-refractivity contribution in [3.63, 3.8) is 0 Å². The molecule has 0 amide bonds. The van der Waals surface area contributed by atoms with E-state index in [0.717, 1.165) is 11.9 Å². The fourth-order valence-electron chi connectivity index (χ4n) is 2.05. The van der Waals surface area contributed by atoms with Crippen molar-refractivity contribution in [2.24, 2.45) is 0 Å². The van der Waals surface area contributed by atoms with Crippen molar-refractivity contribution in [1.29, 1.82) is 0 Å². The van der Waals surface area contributed by atoms with Gasteiger partial charge in [0.05, 0.1) is 24.2 Å². The SMILES string of the molecule is CCOC(=O)c1c(CC)n(-c2ccc(Cl)cc2)ncc1=O. The van der Waals surface area contributed by atoms with Crippen molar-refractivity contribution in [2.45, 2.75) is 20.3 Å². The van der Waals surface area contributed by atoms with Crippen LogP contribution in [0.5, 0.6) is 0 Å². The first-order valence-corrected chi connectivity index (χ1v) is 7.00. The molecule has 1 heterocycles. The number of halogens is 1. The first-order chi connectivity index (χ1) is 10.1. The standard InChI is InChI=1S/C15H15ClN2O3/c1-3-12-14(15(20)21-4-2)13(19)9-17-18(12)11-7-5-10(16)6-8-11/h5-9H,3-4H2,1-2H3. The van der Waals surface area contributed by atoms with Crippen molar-refractivity contribution >= 4 is 17.6 Å². The highest BCUT2D eigenvalue weighted by Gasteiger charge is 2.20. The average Bonchev–Trinajstić information content (AvgIpc) is 2.48. The van der Waals surface area contributed by atoms with Crippen LogP contribution in [-0.2, 0) is 11.2 Å². The van der Waals surface area contributed by atoms with E-state index in [0.29, 0.717) is 17.1 Å². The predicted molar refractivity (Wildman–Crippen MR) is 80.2 cm³/mol. The third-order valence-corrected chi connectivity index (χ3v) is 3.22. The largest absolute Gasteiger partial charge is 0.462 e. The van der Waals surface area contributed by atoms with Crippen LogP contribution in [0.25, 0.3) is 5.69 Å². The molecule has 0 aliphatic heterocycles. The quantitative estimate of drug-likeness (QED) is 0.815. The summed E-state index contributed by atoms with van der Waals surface area (Å²) in [4.78, 5) is 24.0. The molecule has 0 aliphatic carbocycles. The maximum Gasteiger partial charge on any atom is 0.344 e. The number of esters is 1. The molecule has 5 nitrogen and oxygen atoms in total. The van der Waals surface area contributed by atoms with Crippen LogP contribution in [0.2, 0.25) is 5.02 Å². The molecule has 0 saturated heterocycles. The van der Waals surface area contributed by atoms with Gasteiger partial charge in [-0.2, -0.15) is 5.10 Å². The molecular weight excluding hydrogens is 292 g/mol. The topological polar surface area (TPSA) is 61.2 Å². The molecular formula is C15H15ClN2O3. The molecule has 1 aromatic carbocycles. The predicted octanol–water partition coefficient (Wildman–Crippen LogP) is 2.63. The molecule has 0 atom stereocenters. The normalized spacial score (nSPS) is 10.4. The van der Waals surface area contributed by atoms with Crippen LogP contribution >= 0.6 is 11.6 Å². The van der Waals surface area contributed by atoms with Gasteiger partial charge in [-0.3, -0.25) is 4.79 Å². The zero-order valence-electron chi connectivity index (χ0n) is 11.8. The van der Waals surface area contributed by atoms with E-state index in [4.69, 9.17) is 16.3 Å². The van der Waals surface area contributed by atoms with E-state index in [1.807, 2.05) is 6.92 Å². The lowest BCUT2D eigenvalue weighted by molar-refractivity contribution is 0.0522. The Morgan fingerprint density at radius 1 is 1.29 bits per heavy atom. The Bertz CT molecular complexity index is 708. The molecule has 0 unspecified atom stereocenters. The molecule has 110 valence electrons. The van der Waals surface area contributed by atoms with Gasteiger partial charge in [0.15, 0.2) is 0 Å². The Hall–Kier alpha value is -2.14. The lowest BCUT2D eigenvalue weighted by atomic mass is 10.1. The number of carbonyl (C=O) groups is 1.